The van der Waals surface area contributed by atoms with Gasteiger partial charge in [-0.15, -0.1) is 5.10 Å². The average molecular weight is 374 g/mol. The van der Waals surface area contributed by atoms with E-state index in [9.17, 15) is 4.39 Å². The number of hydrogen-bond acceptors (Lipinski definition) is 5. The van der Waals surface area contributed by atoms with Gasteiger partial charge in [-0.1, -0.05) is 29.8 Å². The van der Waals surface area contributed by atoms with Crippen LogP contribution in [-0.2, 0) is 17.8 Å². The van der Waals surface area contributed by atoms with Gasteiger partial charge in [-0.25, -0.2) is 9.37 Å². The number of aromatic nitrogens is 1. The molecule has 0 fully saturated rings. The number of rotatable bonds is 5. The van der Waals surface area contributed by atoms with Crippen LogP contribution in [0.5, 0.6) is 0 Å². The summed E-state index contributed by atoms with van der Waals surface area (Å²) in [6.45, 7) is -0.126. The molecule has 2 heterocycles. The van der Waals surface area contributed by atoms with Gasteiger partial charge in [0.2, 0.25) is 5.90 Å². The number of aliphatic hydroxyl groups is 1. The molecular weight excluding hydrogens is 357 g/mol. The first-order chi connectivity index (χ1) is 12.6. The molecule has 0 bridgehead atoms. The number of hydrogen-bond donors (Lipinski definition) is 1. The molecule has 0 spiro atoms. The Kier molecular flexibility index (Phi) is 6.09. The monoisotopic (exact) mass is 373 g/mol. The van der Waals surface area contributed by atoms with E-state index in [2.05, 4.69) is 15.2 Å². The molecule has 0 saturated carbocycles. The van der Waals surface area contributed by atoms with Crippen molar-refractivity contribution in [1.82, 2.24) is 4.98 Å². The van der Waals surface area contributed by atoms with Crippen LogP contribution in [-0.4, -0.2) is 28.3 Å². The fraction of sp³-hybridized carbons (Fsp3) is 0.211. The molecular formula is C19H17ClFN3O2. The van der Waals surface area contributed by atoms with Crippen molar-refractivity contribution in [3.63, 3.8) is 0 Å². The molecule has 2 aromatic rings. The molecule has 0 radical (unpaired) electrons. The molecule has 7 heteroatoms. The van der Waals surface area contributed by atoms with Crippen molar-refractivity contribution in [3.8, 4) is 0 Å². The summed E-state index contributed by atoms with van der Waals surface area (Å²) < 4.78 is 19.0. The van der Waals surface area contributed by atoms with Crippen molar-refractivity contribution in [2.75, 3.05) is 0 Å². The second-order valence-electron chi connectivity index (χ2n) is 5.69. The van der Waals surface area contributed by atoms with Crippen molar-refractivity contribution < 1.29 is 14.2 Å². The molecule has 26 heavy (non-hydrogen) atoms. The molecule has 1 aromatic carbocycles. The van der Waals surface area contributed by atoms with Crippen LogP contribution in [0.2, 0.25) is 5.02 Å². The Balaban J connectivity index is 1.63. The van der Waals surface area contributed by atoms with E-state index in [-0.39, 0.29) is 17.7 Å². The topological polar surface area (TPSA) is 67.1 Å². The molecule has 1 N–H and O–H groups in total. The molecule has 5 nitrogen and oxygen atoms in total. The first-order valence-corrected chi connectivity index (χ1v) is 8.46. The first-order valence-electron chi connectivity index (χ1n) is 8.08. The minimum atomic E-state index is -0.439. The van der Waals surface area contributed by atoms with Gasteiger partial charge in [0, 0.05) is 12.8 Å². The van der Waals surface area contributed by atoms with Crippen LogP contribution < -0.4 is 0 Å². The van der Waals surface area contributed by atoms with Crippen LogP contribution >= 0.6 is 11.6 Å². The van der Waals surface area contributed by atoms with Crippen LogP contribution in [0, 0.1) is 5.82 Å². The maximum absolute atomic E-state index is 13.2. The van der Waals surface area contributed by atoms with Crippen molar-refractivity contribution in [2.24, 2.45) is 10.2 Å². The third kappa shape index (κ3) is 4.97. The minimum Gasteiger partial charge on any atom is -0.472 e. The number of pyridine rings is 1. The summed E-state index contributed by atoms with van der Waals surface area (Å²) in [7, 11) is 0. The molecule has 134 valence electrons. The van der Waals surface area contributed by atoms with Crippen molar-refractivity contribution >= 4 is 23.7 Å². The normalized spacial score (nSPS) is 18.4. The predicted molar refractivity (Wildman–Crippen MR) is 98.9 cm³/mol. The Morgan fingerprint density at radius 2 is 2.23 bits per heavy atom. The summed E-state index contributed by atoms with van der Waals surface area (Å²) in [5.74, 6) is 0.0475. The first kappa shape index (κ1) is 18.2. The van der Waals surface area contributed by atoms with E-state index in [1.807, 2.05) is 12.2 Å². The third-order valence-corrected chi connectivity index (χ3v) is 3.99. The van der Waals surface area contributed by atoms with Gasteiger partial charge < -0.3 is 9.84 Å². The van der Waals surface area contributed by atoms with E-state index in [0.717, 1.165) is 5.56 Å². The quantitative estimate of drug-likeness (QED) is 0.494. The maximum atomic E-state index is 13.2. The second kappa shape index (κ2) is 8.69. The van der Waals surface area contributed by atoms with Gasteiger partial charge in [0.25, 0.3) is 0 Å². The Morgan fingerprint density at radius 3 is 3.04 bits per heavy atom. The minimum absolute atomic E-state index is 0.0957. The lowest BCUT2D eigenvalue weighted by Crippen LogP contribution is -2.21. The van der Waals surface area contributed by atoms with Crippen molar-refractivity contribution in [1.29, 1.82) is 0 Å². The Bertz CT molecular complexity index is 868. The summed E-state index contributed by atoms with van der Waals surface area (Å²) in [5.41, 5.74) is 2.04. The number of nitrogens with zero attached hydrogens (tertiary/aromatic N) is 3. The molecule has 1 aliphatic heterocycles. The van der Waals surface area contributed by atoms with Gasteiger partial charge in [-0.3, -0.25) is 0 Å². The summed E-state index contributed by atoms with van der Waals surface area (Å²) in [6, 6.07) is 9.91. The van der Waals surface area contributed by atoms with E-state index in [4.69, 9.17) is 21.4 Å². The van der Waals surface area contributed by atoms with Gasteiger partial charge in [-0.05, 0) is 35.9 Å². The van der Waals surface area contributed by atoms with Crippen LogP contribution in [0.1, 0.15) is 23.4 Å². The van der Waals surface area contributed by atoms with E-state index >= 15 is 0 Å². The van der Waals surface area contributed by atoms with Crippen molar-refractivity contribution in [2.45, 2.75) is 25.6 Å². The largest absolute Gasteiger partial charge is 0.472 e. The lowest BCUT2D eigenvalue weighted by Gasteiger charge is -2.19. The standard InChI is InChI=1S/C19H17ClFN3O2/c20-17-10-13(7-8-18(17)21)9-16-5-2-6-19(26-16)24-22-11-14-3-1-4-15(12-25)23-14/h1-5,7-8,10-11,16,25H,6,9,12H2. The third-order valence-electron chi connectivity index (χ3n) is 3.70. The summed E-state index contributed by atoms with van der Waals surface area (Å²) in [4.78, 5) is 4.19. The van der Waals surface area contributed by atoms with Crippen LogP contribution in [0.3, 0.4) is 0 Å². The summed E-state index contributed by atoms with van der Waals surface area (Å²) >= 11 is 5.81. The fourth-order valence-electron chi connectivity index (χ4n) is 2.47. The highest BCUT2D eigenvalue weighted by molar-refractivity contribution is 6.30. The lowest BCUT2D eigenvalue weighted by molar-refractivity contribution is 0.223. The van der Waals surface area contributed by atoms with Gasteiger partial charge in [0.1, 0.15) is 11.9 Å². The molecule has 0 amide bonds. The zero-order valence-electron chi connectivity index (χ0n) is 13.8. The van der Waals surface area contributed by atoms with Crippen molar-refractivity contribution in [3.05, 3.63) is 76.3 Å². The molecule has 1 aliphatic rings. The summed E-state index contributed by atoms with van der Waals surface area (Å²) in [6.07, 6.45) is 6.28. The van der Waals surface area contributed by atoms with Gasteiger partial charge in [0.15, 0.2) is 0 Å². The molecule has 3 rings (SSSR count). The highest BCUT2D eigenvalue weighted by Crippen LogP contribution is 2.19. The van der Waals surface area contributed by atoms with Crippen LogP contribution in [0.25, 0.3) is 0 Å². The van der Waals surface area contributed by atoms with E-state index < -0.39 is 5.82 Å². The zero-order valence-corrected chi connectivity index (χ0v) is 14.6. The van der Waals surface area contributed by atoms with Gasteiger partial charge in [-0.2, -0.15) is 5.10 Å². The predicted octanol–water partition coefficient (Wildman–Crippen LogP) is 3.69. The van der Waals surface area contributed by atoms with Crippen LogP contribution in [0.15, 0.2) is 58.8 Å². The molecule has 1 aromatic heterocycles. The highest BCUT2D eigenvalue weighted by atomic mass is 35.5. The average Bonchev–Trinajstić information content (AvgIpc) is 2.65. The Labute approximate surface area is 155 Å². The number of ether oxygens (including phenoxy) is 1. The highest BCUT2D eigenvalue weighted by Gasteiger charge is 2.15. The van der Waals surface area contributed by atoms with Crippen LogP contribution in [0.4, 0.5) is 4.39 Å². The number of benzene rings is 1. The van der Waals surface area contributed by atoms with E-state index in [0.29, 0.717) is 30.1 Å². The molecule has 1 atom stereocenters. The Morgan fingerprint density at radius 1 is 1.35 bits per heavy atom. The molecule has 0 aliphatic carbocycles. The smallest absolute Gasteiger partial charge is 0.212 e. The van der Waals surface area contributed by atoms with Gasteiger partial charge >= 0.3 is 0 Å². The SMILES string of the molecule is OCc1cccc(C=NN=C2CC=CC(Cc3ccc(F)c(Cl)c3)O2)n1. The second-order valence-corrected chi connectivity index (χ2v) is 6.10. The lowest BCUT2D eigenvalue weighted by atomic mass is 10.1. The molecule has 1 unspecified atom stereocenters. The van der Waals surface area contributed by atoms with E-state index in [1.54, 1.807) is 30.3 Å². The fourth-order valence-corrected chi connectivity index (χ4v) is 2.67. The zero-order chi connectivity index (χ0) is 18.4. The Hall–Kier alpha value is -2.57. The van der Waals surface area contributed by atoms with E-state index in [1.165, 1.54) is 12.3 Å². The molecule has 0 saturated heterocycles. The number of halogens is 2. The number of aliphatic hydroxyl groups excluding tert-OH is 1. The van der Waals surface area contributed by atoms with Gasteiger partial charge in [0.05, 0.1) is 29.2 Å². The maximum Gasteiger partial charge on any atom is 0.212 e. The summed E-state index contributed by atoms with van der Waals surface area (Å²) in [5, 5.41) is 17.3.